The largest absolute Gasteiger partial charge is 0.277 e. The number of hydrogen-bond donors (Lipinski definition) is 0. The van der Waals surface area contributed by atoms with Crippen LogP contribution in [0.25, 0.3) is 95.0 Å². The smallest absolute Gasteiger partial charge is 0.238 e. The minimum absolute atomic E-state index is 0.496. The second kappa shape index (κ2) is 13.4. The van der Waals surface area contributed by atoms with Crippen molar-refractivity contribution in [1.29, 1.82) is 0 Å². The number of rotatable bonds is 5. The molecule has 9 aromatic carbocycles. The van der Waals surface area contributed by atoms with Crippen molar-refractivity contribution in [1.82, 2.24) is 19.5 Å². The van der Waals surface area contributed by atoms with Crippen LogP contribution in [0.5, 0.6) is 0 Å². The lowest BCUT2D eigenvalue weighted by atomic mass is 9.70. The maximum atomic E-state index is 5.44. The van der Waals surface area contributed by atoms with Gasteiger partial charge in [0.25, 0.3) is 0 Å². The molecule has 0 unspecified atom stereocenters. The summed E-state index contributed by atoms with van der Waals surface area (Å²) in [6.07, 6.45) is 0. The second-order valence-electron chi connectivity index (χ2n) is 16.3. The molecule has 0 fully saturated rings. The van der Waals surface area contributed by atoms with Gasteiger partial charge in [0.1, 0.15) is 0 Å². The van der Waals surface area contributed by atoms with Crippen molar-refractivity contribution >= 4 is 21.8 Å². The first kappa shape index (κ1) is 34.6. The van der Waals surface area contributed by atoms with Crippen LogP contribution in [0.15, 0.2) is 218 Å². The van der Waals surface area contributed by atoms with Gasteiger partial charge in [0, 0.05) is 27.5 Å². The van der Waals surface area contributed by atoms with E-state index in [1.807, 2.05) is 24.3 Å². The predicted molar refractivity (Wildman–Crippen MR) is 252 cm³/mol. The van der Waals surface area contributed by atoms with E-state index in [2.05, 4.69) is 199 Å². The van der Waals surface area contributed by atoms with Gasteiger partial charge in [0.05, 0.1) is 16.4 Å². The first-order chi connectivity index (χ1) is 30.8. The molecule has 2 aliphatic carbocycles. The summed E-state index contributed by atoms with van der Waals surface area (Å²) in [5, 5.41) is 2.30. The molecule has 0 radical (unpaired) electrons. The van der Waals surface area contributed by atoms with Crippen molar-refractivity contribution in [2.24, 2.45) is 0 Å². The fraction of sp³-hybridized carbons (Fsp3) is 0.0172. The van der Waals surface area contributed by atoms with Crippen LogP contribution in [0, 0.1) is 0 Å². The summed E-state index contributed by atoms with van der Waals surface area (Å²) in [6.45, 7) is 0. The maximum Gasteiger partial charge on any atom is 0.238 e. The van der Waals surface area contributed by atoms with Gasteiger partial charge < -0.3 is 0 Å². The molecule has 1 spiro atoms. The standard InChI is InChI=1S/C58H36N4/c1-4-16-37(17-5-1)39-28-30-41(31-29-39)56-59-55(40-20-8-3-9-21-40)60-57(61-56)62-52-35-32-42(38-18-6-2-7-19-38)36-47(52)45-33-34-51-53(54(45)62)46-24-12-15-27-50(46)58(51)48-25-13-10-22-43(48)44-23-11-14-26-49(44)58/h1-36H. The molecule has 2 heterocycles. The van der Waals surface area contributed by atoms with Crippen LogP contribution in [0.1, 0.15) is 22.3 Å². The molecule has 2 aromatic heterocycles. The Morgan fingerprint density at radius 3 is 1.39 bits per heavy atom. The molecule has 0 bridgehead atoms. The van der Waals surface area contributed by atoms with Crippen LogP contribution in [-0.2, 0) is 5.41 Å². The van der Waals surface area contributed by atoms with Crippen molar-refractivity contribution in [2.75, 3.05) is 0 Å². The third-order valence-corrected chi connectivity index (χ3v) is 13.1. The van der Waals surface area contributed by atoms with E-state index < -0.39 is 5.41 Å². The normalized spacial score (nSPS) is 13.0. The van der Waals surface area contributed by atoms with E-state index in [1.165, 1.54) is 55.6 Å². The van der Waals surface area contributed by atoms with E-state index in [0.717, 1.165) is 44.1 Å². The van der Waals surface area contributed by atoms with E-state index in [1.54, 1.807) is 0 Å². The van der Waals surface area contributed by atoms with Crippen molar-refractivity contribution in [3.8, 4) is 73.2 Å². The van der Waals surface area contributed by atoms with E-state index >= 15 is 0 Å². The Kier molecular flexibility index (Phi) is 7.49. The molecule has 62 heavy (non-hydrogen) atoms. The molecular formula is C58H36N4. The third-order valence-electron chi connectivity index (χ3n) is 13.1. The zero-order chi connectivity index (χ0) is 40.8. The summed E-state index contributed by atoms with van der Waals surface area (Å²) < 4.78 is 2.32. The summed E-state index contributed by atoms with van der Waals surface area (Å²) in [5.41, 5.74) is 18.3. The van der Waals surface area contributed by atoms with Crippen molar-refractivity contribution < 1.29 is 0 Å². The third kappa shape index (κ3) is 4.92. The summed E-state index contributed by atoms with van der Waals surface area (Å²) in [5.74, 6) is 1.82. The van der Waals surface area contributed by atoms with E-state index in [9.17, 15) is 0 Å². The average molecular weight is 789 g/mol. The summed E-state index contributed by atoms with van der Waals surface area (Å²) in [7, 11) is 0. The molecule has 4 nitrogen and oxygen atoms in total. The Hall–Kier alpha value is -8.21. The topological polar surface area (TPSA) is 43.6 Å². The van der Waals surface area contributed by atoms with Gasteiger partial charge in [-0.15, -0.1) is 0 Å². The van der Waals surface area contributed by atoms with Crippen molar-refractivity contribution in [2.45, 2.75) is 5.41 Å². The lowest BCUT2D eigenvalue weighted by Crippen LogP contribution is -2.25. The van der Waals surface area contributed by atoms with Crippen LogP contribution >= 0.6 is 0 Å². The van der Waals surface area contributed by atoms with Gasteiger partial charge in [-0.3, -0.25) is 4.57 Å². The van der Waals surface area contributed by atoms with E-state index in [-0.39, 0.29) is 0 Å². The molecule has 0 amide bonds. The number of benzene rings is 9. The van der Waals surface area contributed by atoms with Gasteiger partial charge >= 0.3 is 0 Å². The lowest BCUT2D eigenvalue weighted by Gasteiger charge is -2.30. The number of hydrogen-bond acceptors (Lipinski definition) is 3. The van der Waals surface area contributed by atoms with Crippen LogP contribution in [-0.4, -0.2) is 19.5 Å². The second-order valence-corrected chi connectivity index (χ2v) is 16.3. The van der Waals surface area contributed by atoms with Gasteiger partial charge in [-0.25, -0.2) is 4.98 Å². The fourth-order valence-corrected chi connectivity index (χ4v) is 10.5. The van der Waals surface area contributed by atoms with Crippen LogP contribution in [0.4, 0.5) is 0 Å². The zero-order valence-electron chi connectivity index (χ0n) is 33.6. The first-order valence-corrected chi connectivity index (χ1v) is 21.2. The molecule has 11 aromatic rings. The quantitative estimate of drug-likeness (QED) is 0.174. The summed E-state index contributed by atoms with van der Waals surface area (Å²) in [6, 6.07) is 78.5. The molecule has 0 saturated heterocycles. The number of fused-ring (bicyclic) bond motifs is 14. The Labute approximate surface area is 359 Å². The van der Waals surface area contributed by atoms with E-state index in [4.69, 9.17) is 15.0 Å². The highest BCUT2D eigenvalue weighted by Gasteiger charge is 2.52. The van der Waals surface area contributed by atoms with Crippen LogP contribution < -0.4 is 0 Å². The minimum atomic E-state index is -0.496. The summed E-state index contributed by atoms with van der Waals surface area (Å²) in [4.78, 5) is 16.0. The predicted octanol–water partition coefficient (Wildman–Crippen LogP) is 14.0. The van der Waals surface area contributed by atoms with Gasteiger partial charge in [0.2, 0.25) is 5.95 Å². The van der Waals surface area contributed by atoms with Crippen molar-refractivity contribution in [3.05, 3.63) is 241 Å². The Morgan fingerprint density at radius 1 is 0.323 bits per heavy atom. The van der Waals surface area contributed by atoms with Crippen LogP contribution in [0.3, 0.4) is 0 Å². The number of aromatic nitrogens is 4. The van der Waals surface area contributed by atoms with Crippen LogP contribution in [0.2, 0.25) is 0 Å². The fourth-order valence-electron chi connectivity index (χ4n) is 10.5. The zero-order valence-corrected chi connectivity index (χ0v) is 33.6. The Morgan fingerprint density at radius 2 is 0.774 bits per heavy atom. The molecule has 0 N–H and O–H groups in total. The summed E-state index contributed by atoms with van der Waals surface area (Å²) >= 11 is 0. The molecule has 4 heteroatoms. The molecule has 2 aliphatic rings. The molecule has 0 aliphatic heterocycles. The molecule has 288 valence electrons. The Balaban J connectivity index is 1.14. The molecule has 0 atom stereocenters. The lowest BCUT2D eigenvalue weighted by molar-refractivity contribution is 0.794. The van der Waals surface area contributed by atoms with E-state index in [0.29, 0.717) is 17.6 Å². The van der Waals surface area contributed by atoms with Gasteiger partial charge in [0.15, 0.2) is 11.6 Å². The van der Waals surface area contributed by atoms with Crippen molar-refractivity contribution in [3.63, 3.8) is 0 Å². The monoisotopic (exact) mass is 788 g/mol. The van der Waals surface area contributed by atoms with Gasteiger partial charge in [-0.2, -0.15) is 9.97 Å². The average Bonchev–Trinajstić information content (AvgIpc) is 3.96. The maximum absolute atomic E-state index is 5.44. The highest BCUT2D eigenvalue weighted by molar-refractivity contribution is 6.17. The minimum Gasteiger partial charge on any atom is -0.277 e. The molecular weight excluding hydrogens is 753 g/mol. The van der Waals surface area contributed by atoms with Gasteiger partial charge in [-0.1, -0.05) is 206 Å². The number of nitrogens with zero attached hydrogens (tertiary/aromatic N) is 4. The molecule has 0 saturated carbocycles. The first-order valence-electron chi connectivity index (χ1n) is 21.2. The highest BCUT2D eigenvalue weighted by Crippen LogP contribution is 2.64. The van der Waals surface area contributed by atoms with Gasteiger partial charge in [-0.05, 0) is 73.3 Å². The SMILES string of the molecule is c1ccc(-c2ccc(-c3nc(-c4ccccc4)nc(-n4c5ccc(-c6ccccc6)cc5c5ccc6c(c54)-c4ccccc4C64c5ccccc5-c5ccccc54)n3)cc2)cc1. The highest BCUT2D eigenvalue weighted by atomic mass is 15.2. The molecule has 13 rings (SSSR count). The Bertz CT molecular complexity index is 3510.